The first-order chi connectivity index (χ1) is 21.0. The van der Waals surface area contributed by atoms with Crippen LogP contribution in [0, 0.1) is 23.7 Å². The summed E-state index contributed by atoms with van der Waals surface area (Å²) in [7, 11) is -3.24. The number of likely N-dealkylation sites (tertiary alicyclic amines) is 2. The molecule has 45 heavy (non-hydrogen) atoms. The normalized spacial score (nSPS) is 30.1. The number of hydrogen-bond donors (Lipinski definition) is 2. The number of nitrogens with one attached hydrogen (secondary N) is 1. The van der Waals surface area contributed by atoms with Gasteiger partial charge in [0.1, 0.15) is 0 Å². The Morgan fingerprint density at radius 1 is 0.711 bits per heavy atom. The summed E-state index contributed by atoms with van der Waals surface area (Å²) in [6.45, 7) is 16.6. The van der Waals surface area contributed by atoms with E-state index in [0.717, 1.165) is 41.9 Å². The lowest BCUT2D eigenvalue weighted by Gasteiger charge is -2.26. The van der Waals surface area contributed by atoms with Gasteiger partial charge in [-0.15, -0.1) is 0 Å². The van der Waals surface area contributed by atoms with Gasteiger partial charge in [-0.05, 0) is 72.9 Å². The van der Waals surface area contributed by atoms with E-state index in [1.54, 1.807) is 0 Å². The zero-order chi connectivity index (χ0) is 31.5. The van der Waals surface area contributed by atoms with Crippen LogP contribution in [0.2, 0.25) is 0 Å². The summed E-state index contributed by atoms with van der Waals surface area (Å²) in [6, 6.07) is 16.4. The summed E-state index contributed by atoms with van der Waals surface area (Å²) in [5.41, 5.74) is 10.9. The fourth-order valence-corrected chi connectivity index (χ4v) is 9.42. The Morgan fingerprint density at radius 3 is 1.58 bits per heavy atom. The maximum atomic E-state index is 11.7. The topological polar surface area (TPSA) is 78.7 Å². The smallest absolute Gasteiger partial charge is 0.229 e. The van der Waals surface area contributed by atoms with E-state index in [0.29, 0.717) is 17.3 Å². The van der Waals surface area contributed by atoms with Crippen molar-refractivity contribution in [2.24, 2.45) is 23.7 Å². The van der Waals surface area contributed by atoms with Crippen LogP contribution in [0.4, 0.5) is 11.4 Å². The number of sulfonamides is 1. The summed E-state index contributed by atoms with van der Waals surface area (Å²) in [4.78, 5) is 5.27. The Hall–Kier alpha value is -2.09. The van der Waals surface area contributed by atoms with Crippen LogP contribution in [0.5, 0.6) is 0 Å². The molecule has 0 radical (unpaired) electrons. The standard InChI is InChI=1S/C19H30N2O2S.C18H28N2.CH4/c1-4-5-6-9-12-21-13-16-17(14-21)19(16,2)15-10-7-8-11-18(15)20-24(3,22)23;1-3-4-5-8-11-20-12-15-16(13-20)18(15,2)14-9-6-7-10-17(14)19;/h7-8,10-11,16-17,20H,4-6,9,12-14H2,1-3H3;6-7,9-10,15-16H,3-5,8,11-13,19H2,1-2H3;1H4. The number of anilines is 2. The summed E-state index contributed by atoms with van der Waals surface area (Å²) >= 11 is 0. The number of nitrogens with two attached hydrogens (primary N) is 1. The molecular formula is C38H62N4O2S. The van der Waals surface area contributed by atoms with Gasteiger partial charge in [-0.2, -0.15) is 0 Å². The predicted molar refractivity (Wildman–Crippen MR) is 192 cm³/mol. The maximum absolute atomic E-state index is 11.7. The SMILES string of the molecule is C.CCCCCCN1CC2C(C1)C2(C)c1ccccc1N.CCCCCCN1CC2C(C1)C2(C)c1ccccc1NS(C)(=O)=O. The second kappa shape index (κ2) is 14.8. The molecule has 6 nitrogen and oxygen atoms in total. The van der Waals surface area contributed by atoms with E-state index < -0.39 is 10.0 Å². The summed E-state index contributed by atoms with van der Waals surface area (Å²) in [6.07, 6.45) is 12.0. The van der Waals surface area contributed by atoms with Crippen LogP contribution in [0.15, 0.2) is 48.5 Å². The van der Waals surface area contributed by atoms with Crippen molar-refractivity contribution >= 4 is 21.4 Å². The number of nitrogen functional groups attached to an aromatic ring is 1. The Labute approximate surface area is 275 Å². The van der Waals surface area contributed by atoms with Gasteiger partial charge in [0.15, 0.2) is 0 Å². The number of piperidine rings is 2. The number of nitrogens with zero attached hydrogens (tertiary/aromatic N) is 2. The van der Waals surface area contributed by atoms with Crippen molar-refractivity contribution in [2.45, 2.75) is 97.3 Å². The van der Waals surface area contributed by atoms with E-state index in [2.05, 4.69) is 66.5 Å². The van der Waals surface area contributed by atoms with Gasteiger partial charge < -0.3 is 15.5 Å². The second-order valence-corrected chi connectivity index (χ2v) is 16.4. The molecule has 4 atom stereocenters. The third-order valence-electron chi connectivity index (χ3n) is 11.7. The Balaban J connectivity index is 0.000000203. The molecule has 4 unspecified atom stereocenters. The molecule has 0 bridgehead atoms. The van der Waals surface area contributed by atoms with E-state index in [1.165, 1.54) is 89.4 Å². The fourth-order valence-electron chi connectivity index (χ4n) is 8.84. The molecule has 3 N–H and O–H groups in total. The molecule has 6 rings (SSSR count). The molecule has 2 aromatic carbocycles. The minimum absolute atomic E-state index is 0. The fraction of sp³-hybridized carbons (Fsp3) is 0.684. The number of benzene rings is 2. The number of fused-ring (bicyclic) bond motifs is 2. The molecule has 7 heteroatoms. The summed E-state index contributed by atoms with van der Waals surface area (Å²) in [5.74, 6) is 2.98. The molecule has 4 aliphatic rings. The van der Waals surface area contributed by atoms with E-state index in [4.69, 9.17) is 5.73 Å². The van der Waals surface area contributed by atoms with E-state index in [1.807, 2.05) is 24.3 Å². The lowest BCUT2D eigenvalue weighted by atomic mass is 9.91. The number of rotatable bonds is 14. The van der Waals surface area contributed by atoms with Gasteiger partial charge in [-0.25, -0.2) is 8.42 Å². The molecular weight excluding hydrogens is 577 g/mol. The summed E-state index contributed by atoms with van der Waals surface area (Å²) < 4.78 is 26.0. The molecule has 2 aliphatic carbocycles. The highest BCUT2D eigenvalue weighted by molar-refractivity contribution is 7.92. The van der Waals surface area contributed by atoms with Gasteiger partial charge >= 0.3 is 0 Å². The summed E-state index contributed by atoms with van der Waals surface area (Å²) in [5, 5.41) is 0. The lowest BCUT2D eigenvalue weighted by Crippen LogP contribution is -2.30. The highest BCUT2D eigenvalue weighted by atomic mass is 32.2. The Bertz CT molecular complexity index is 1340. The first-order valence-electron chi connectivity index (χ1n) is 17.4. The van der Waals surface area contributed by atoms with Gasteiger partial charge in [0, 0.05) is 42.7 Å². The Morgan fingerprint density at radius 2 is 1.13 bits per heavy atom. The number of unbranched alkanes of at least 4 members (excludes halogenated alkanes) is 6. The lowest BCUT2D eigenvalue weighted by molar-refractivity contribution is 0.271. The van der Waals surface area contributed by atoms with Crippen LogP contribution in [0.25, 0.3) is 0 Å². The van der Waals surface area contributed by atoms with Crippen molar-refractivity contribution in [2.75, 3.05) is 56.0 Å². The second-order valence-electron chi connectivity index (χ2n) is 14.6. The minimum atomic E-state index is -3.24. The average molecular weight is 639 g/mol. The van der Waals surface area contributed by atoms with Gasteiger partial charge in [0.25, 0.3) is 0 Å². The molecule has 2 saturated heterocycles. The third-order valence-corrected chi connectivity index (χ3v) is 12.2. The molecule has 2 saturated carbocycles. The zero-order valence-corrected chi connectivity index (χ0v) is 28.8. The van der Waals surface area contributed by atoms with Crippen molar-refractivity contribution in [1.82, 2.24) is 9.80 Å². The van der Waals surface area contributed by atoms with Crippen LogP contribution in [0.3, 0.4) is 0 Å². The number of para-hydroxylation sites is 2. The minimum Gasteiger partial charge on any atom is -0.398 e. The molecule has 2 aromatic rings. The average Bonchev–Trinajstić information content (AvgIpc) is 3.48. The molecule has 2 aliphatic heterocycles. The number of hydrogen-bond acceptors (Lipinski definition) is 5. The first-order valence-corrected chi connectivity index (χ1v) is 19.3. The zero-order valence-electron chi connectivity index (χ0n) is 28.0. The van der Waals surface area contributed by atoms with Gasteiger partial charge in [0.2, 0.25) is 10.0 Å². The predicted octanol–water partition coefficient (Wildman–Crippen LogP) is 7.76. The molecule has 252 valence electrons. The van der Waals surface area contributed by atoms with Gasteiger partial charge in [-0.1, -0.05) is 110 Å². The van der Waals surface area contributed by atoms with Gasteiger partial charge in [-0.3, -0.25) is 4.72 Å². The van der Waals surface area contributed by atoms with Crippen molar-refractivity contribution in [3.05, 3.63) is 59.7 Å². The molecule has 0 amide bonds. The van der Waals surface area contributed by atoms with Crippen LogP contribution >= 0.6 is 0 Å². The highest BCUT2D eigenvalue weighted by Crippen LogP contribution is 2.65. The van der Waals surface area contributed by atoms with Crippen LogP contribution in [0.1, 0.15) is 97.6 Å². The van der Waals surface area contributed by atoms with Crippen molar-refractivity contribution in [3.8, 4) is 0 Å². The van der Waals surface area contributed by atoms with E-state index in [-0.39, 0.29) is 12.8 Å². The van der Waals surface area contributed by atoms with Crippen LogP contribution in [-0.4, -0.2) is 63.7 Å². The first kappa shape index (κ1) is 35.8. The van der Waals surface area contributed by atoms with Crippen LogP contribution in [-0.2, 0) is 20.9 Å². The van der Waals surface area contributed by atoms with Crippen molar-refractivity contribution < 1.29 is 8.42 Å². The maximum Gasteiger partial charge on any atom is 0.229 e. The Kier molecular flexibility index (Phi) is 11.7. The monoisotopic (exact) mass is 638 g/mol. The van der Waals surface area contributed by atoms with Crippen LogP contribution < -0.4 is 10.5 Å². The van der Waals surface area contributed by atoms with E-state index >= 15 is 0 Å². The third kappa shape index (κ3) is 7.73. The molecule has 2 heterocycles. The molecule has 4 fully saturated rings. The highest BCUT2D eigenvalue weighted by Gasteiger charge is 2.66. The molecule has 0 aromatic heterocycles. The van der Waals surface area contributed by atoms with Gasteiger partial charge in [0.05, 0.1) is 11.9 Å². The van der Waals surface area contributed by atoms with Crippen molar-refractivity contribution in [3.63, 3.8) is 0 Å². The van der Waals surface area contributed by atoms with E-state index in [9.17, 15) is 8.42 Å². The largest absolute Gasteiger partial charge is 0.398 e. The van der Waals surface area contributed by atoms with Crippen molar-refractivity contribution in [1.29, 1.82) is 0 Å². The quantitative estimate of drug-likeness (QED) is 0.163. The molecule has 0 spiro atoms.